The van der Waals surface area contributed by atoms with Crippen LogP contribution in [-0.2, 0) is 4.74 Å². The van der Waals surface area contributed by atoms with Crippen molar-refractivity contribution >= 4 is 18.0 Å². The number of hydrogen-bond acceptors (Lipinski definition) is 4. The average molecular weight is 421 g/mol. The summed E-state index contributed by atoms with van der Waals surface area (Å²) in [6.45, 7) is 3.50. The number of hydrogen-bond donors (Lipinski definition) is 1. The summed E-state index contributed by atoms with van der Waals surface area (Å²) in [5, 5.41) is 0. The highest BCUT2D eigenvalue weighted by atomic mass is 32.2. The van der Waals surface area contributed by atoms with Crippen molar-refractivity contribution in [1.82, 2.24) is 9.62 Å². The smallest absolute Gasteiger partial charge is 0.410 e. The lowest BCUT2D eigenvalue weighted by Gasteiger charge is -2.36. The number of carbonyl (C=O) groups excluding carboxylic acids is 1. The first-order chi connectivity index (χ1) is 14.0. The molecule has 0 radical (unpaired) electrons. The van der Waals surface area contributed by atoms with Gasteiger partial charge in [0.1, 0.15) is 17.7 Å². The fourth-order valence-electron chi connectivity index (χ4n) is 3.55. The van der Waals surface area contributed by atoms with E-state index in [1.807, 2.05) is 25.3 Å². The Morgan fingerprint density at radius 1 is 1.24 bits per heavy atom. The van der Waals surface area contributed by atoms with Crippen molar-refractivity contribution in [1.29, 1.82) is 0 Å². The minimum atomic E-state index is -0.598. The van der Waals surface area contributed by atoms with Gasteiger partial charge in [0, 0.05) is 31.1 Å². The molecule has 1 aliphatic rings. The first-order valence-corrected chi connectivity index (χ1v) is 11.0. The Morgan fingerprint density at radius 2 is 2.00 bits per heavy atom. The van der Waals surface area contributed by atoms with Crippen molar-refractivity contribution in [2.45, 2.75) is 38.3 Å². The molecule has 1 amide bonds. The van der Waals surface area contributed by atoms with Crippen LogP contribution in [0.4, 0.5) is 13.6 Å². The lowest BCUT2D eigenvalue weighted by molar-refractivity contribution is 0.00943. The van der Waals surface area contributed by atoms with Gasteiger partial charge < -0.3 is 9.64 Å². The molecule has 2 aromatic rings. The topological polar surface area (TPSA) is 41.6 Å². The van der Waals surface area contributed by atoms with Gasteiger partial charge in [0.25, 0.3) is 0 Å². The van der Waals surface area contributed by atoms with E-state index in [2.05, 4.69) is 4.72 Å². The number of halogens is 2. The van der Waals surface area contributed by atoms with Crippen molar-refractivity contribution in [3.63, 3.8) is 0 Å². The normalized spacial score (nSPS) is 17.9. The number of cyclic esters (lactones) is 1. The minimum Gasteiger partial charge on any atom is -0.446 e. The minimum absolute atomic E-state index is 0.0292. The first-order valence-electron chi connectivity index (χ1n) is 9.78. The number of carbonyl (C=O) groups is 1. The van der Waals surface area contributed by atoms with Crippen LogP contribution in [0.3, 0.4) is 0 Å². The molecule has 1 fully saturated rings. The molecule has 0 spiro atoms. The van der Waals surface area contributed by atoms with Crippen LogP contribution in [-0.4, -0.2) is 36.4 Å². The summed E-state index contributed by atoms with van der Waals surface area (Å²) < 4.78 is 35.9. The van der Waals surface area contributed by atoms with Crippen LogP contribution in [0.2, 0.25) is 0 Å². The molecule has 1 N–H and O–H groups in total. The van der Waals surface area contributed by atoms with Crippen LogP contribution in [0, 0.1) is 11.6 Å². The molecule has 0 saturated carbocycles. The summed E-state index contributed by atoms with van der Waals surface area (Å²) in [4.78, 5) is 14.2. The number of benzene rings is 2. The molecular formula is C22H26F2N2O2S. The lowest BCUT2D eigenvalue weighted by Crippen LogP contribution is -2.43. The fraction of sp³-hybridized carbons (Fsp3) is 0.409. The molecule has 1 aliphatic heterocycles. The Labute approximate surface area is 174 Å². The predicted molar refractivity (Wildman–Crippen MR) is 113 cm³/mol. The third kappa shape index (κ3) is 5.48. The van der Waals surface area contributed by atoms with Gasteiger partial charge in [-0.2, -0.15) is 0 Å². The molecule has 0 bridgehead atoms. The number of rotatable bonds is 8. The summed E-state index contributed by atoms with van der Waals surface area (Å²) in [7, 11) is 0. The first kappa shape index (κ1) is 21.6. The van der Waals surface area contributed by atoms with Crippen molar-refractivity contribution in [2.75, 3.05) is 19.3 Å². The van der Waals surface area contributed by atoms with Gasteiger partial charge in [-0.15, -0.1) is 0 Å². The van der Waals surface area contributed by atoms with Crippen molar-refractivity contribution in [3.05, 3.63) is 59.7 Å². The van der Waals surface area contributed by atoms with Gasteiger partial charge in [0.15, 0.2) is 0 Å². The second-order valence-corrected chi connectivity index (χ2v) is 7.85. The third-order valence-electron chi connectivity index (χ3n) is 5.25. The molecule has 2 aromatic carbocycles. The zero-order valence-electron chi connectivity index (χ0n) is 16.7. The van der Waals surface area contributed by atoms with Crippen LogP contribution < -0.4 is 4.72 Å². The highest BCUT2D eigenvalue weighted by Crippen LogP contribution is 2.29. The maximum absolute atomic E-state index is 14.0. The molecule has 1 saturated heterocycles. The van der Waals surface area contributed by atoms with Gasteiger partial charge in [0.2, 0.25) is 0 Å². The van der Waals surface area contributed by atoms with E-state index >= 15 is 0 Å². The Morgan fingerprint density at radius 3 is 2.66 bits per heavy atom. The van der Waals surface area contributed by atoms with Crippen LogP contribution in [0.25, 0.3) is 11.1 Å². The van der Waals surface area contributed by atoms with E-state index in [-0.39, 0.29) is 18.2 Å². The van der Waals surface area contributed by atoms with E-state index in [1.54, 1.807) is 29.0 Å². The lowest BCUT2D eigenvalue weighted by atomic mass is 9.99. The van der Waals surface area contributed by atoms with Crippen LogP contribution in [0.1, 0.15) is 37.8 Å². The fourth-order valence-corrected chi connectivity index (χ4v) is 3.90. The van der Waals surface area contributed by atoms with Gasteiger partial charge in [-0.1, -0.05) is 36.2 Å². The summed E-state index contributed by atoms with van der Waals surface area (Å²) in [5.74, 6) is -1.19. The second kappa shape index (κ2) is 10.1. The molecule has 156 valence electrons. The number of amides is 1. The highest BCUT2D eigenvalue weighted by Gasteiger charge is 2.30. The van der Waals surface area contributed by atoms with Crippen molar-refractivity contribution < 1.29 is 18.3 Å². The molecule has 0 aliphatic carbocycles. The highest BCUT2D eigenvalue weighted by molar-refractivity contribution is 7.96. The van der Waals surface area contributed by atoms with Crippen molar-refractivity contribution in [3.8, 4) is 11.1 Å². The third-order valence-corrected chi connectivity index (χ3v) is 5.74. The molecule has 29 heavy (non-hydrogen) atoms. The Bertz CT molecular complexity index is 832. The predicted octanol–water partition coefficient (Wildman–Crippen LogP) is 5.55. The number of nitrogens with zero attached hydrogens (tertiary/aromatic N) is 1. The number of ether oxygens (including phenoxy) is 1. The van der Waals surface area contributed by atoms with E-state index in [4.69, 9.17) is 4.74 Å². The second-order valence-electron chi connectivity index (χ2n) is 7.15. The average Bonchev–Trinajstić information content (AvgIpc) is 2.71. The zero-order chi connectivity index (χ0) is 20.8. The quantitative estimate of drug-likeness (QED) is 0.449. The molecular weight excluding hydrogens is 394 g/mol. The van der Waals surface area contributed by atoms with Gasteiger partial charge in [-0.3, -0.25) is 4.72 Å². The van der Waals surface area contributed by atoms with Gasteiger partial charge >= 0.3 is 6.09 Å². The molecule has 0 aromatic heterocycles. The standard InChI is InChI=1S/C22H26F2N2O2S/c1-15(26-13-11-19(28-22(26)27)4-3-12-25-29-2)16-5-7-17(8-6-16)20-10-9-18(23)14-21(20)24/h5-10,14-15,19,25H,3-4,11-13H2,1-2H3. The van der Waals surface area contributed by atoms with Crippen LogP contribution in [0.15, 0.2) is 42.5 Å². The Kier molecular flexibility index (Phi) is 7.50. The maximum Gasteiger partial charge on any atom is 0.410 e. The maximum atomic E-state index is 14.0. The summed E-state index contributed by atoms with van der Waals surface area (Å²) in [6, 6.07) is 10.7. The SMILES string of the molecule is CSNCCCC1CCN(C(C)c2ccc(-c3ccc(F)cc3F)cc2)C(=O)O1. The molecule has 3 rings (SSSR count). The monoisotopic (exact) mass is 420 g/mol. The van der Waals surface area contributed by atoms with Gasteiger partial charge in [-0.25, -0.2) is 13.6 Å². The molecule has 7 heteroatoms. The van der Waals surface area contributed by atoms with E-state index < -0.39 is 11.6 Å². The van der Waals surface area contributed by atoms with Gasteiger partial charge in [0.05, 0.1) is 6.04 Å². The van der Waals surface area contributed by atoms with Gasteiger partial charge in [-0.05, 0) is 49.3 Å². The largest absolute Gasteiger partial charge is 0.446 e. The van der Waals surface area contributed by atoms with Crippen LogP contribution >= 0.6 is 11.9 Å². The molecule has 4 nitrogen and oxygen atoms in total. The summed E-state index contributed by atoms with van der Waals surface area (Å²) in [6.07, 6.45) is 4.31. The van der Waals surface area contributed by atoms with E-state index in [0.29, 0.717) is 17.7 Å². The molecule has 1 heterocycles. The Balaban J connectivity index is 1.60. The number of nitrogens with one attached hydrogen (secondary N) is 1. The van der Waals surface area contributed by atoms with Crippen LogP contribution in [0.5, 0.6) is 0 Å². The van der Waals surface area contributed by atoms with Crippen molar-refractivity contribution in [2.24, 2.45) is 0 Å². The summed E-state index contributed by atoms with van der Waals surface area (Å²) in [5.41, 5.74) is 1.95. The zero-order valence-corrected chi connectivity index (χ0v) is 17.5. The Hall–Kier alpha value is -2.12. The molecule has 2 unspecified atom stereocenters. The van der Waals surface area contributed by atoms with E-state index in [9.17, 15) is 13.6 Å². The van der Waals surface area contributed by atoms with E-state index in [1.165, 1.54) is 12.1 Å². The molecule has 2 atom stereocenters. The van der Waals surface area contributed by atoms with E-state index in [0.717, 1.165) is 37.4 Å². The summed E-state index contributed by atoms with van der Waals surface area (Å²) >= 11 is 1.59.